The van der Waals surface area contributed by atoms with E-state index < -0.39 is 0 Å². The third-order valence-corrected chi connectivity index (χ3v) is 4.58. The summed E-state index contributed by atoms with van der Waals surface area (Å²) in [5.41, 5.74) is 1.77. The molecular weight excluding hydrogens is 318 g/mol. The summed E-state index contributed by atoms with van der Waals surface area (Å²) in [6.45, 7) is 5.75. The number of aromatic nitrogens is 2. The van der Waals surface area contributed by atoms with E-state index in [0.717, 1.165) is 61.9 Å². The Hall–Kier alpha value is -0.840. The maximum atomic E-state index is 12.8. The second-order valence-electron chi connectivity index (χ2n) is 5.32. The number of likely N-dealkylation sites (tertiary alicyclic amines) is 1. The van der Waals surface area contributed by atoms with Crippen LogP contribution in [0.4, 0.5) is 0 Å². The lowest BCUT2D eigenvalue weighted by molar-refractivity contribution is 0.0717. The van der Waals surface area contributed by atoms with Crippen molar-refractivity contribution in [1.82, 2.24) is 14.7 Å². The van der Waals surface area contributed by atoms with E-state index in [1.807, 2.05) is 17.7 Å². The molecule has 5 heteroatoms. The first-order valence-electron chi connectivity index (χ1n) is 7.64. The summed E-state index contributed by atoms with van der Waals surface area (Å²) in [4.78, 5) is 14.8. The maximum absolute atomic E-state index is 12.8. The van der Waals surface area contributed by atoms with E-state index >= 15 is 0 Å². The molecule has 2 heterocycles. The first-order chi connectivity index (χ1) is 9.71. The van der Waals surface area contributed by atoms with Crippen molar-refractivity contribution in [2.24, 2.45) is 0 Å². The molecule has 1 aromatic rings. The van der Waals surface area contributed by atoms with Crippen molar-refractivity contribution in [2.45, 2.75) is 58.5 Å². The molecule has 20 heavy (non-hydrogen) atoms. The lowest BCUT2D eigenvalue weighted by Gasteiger charge is -2.24. The van der Waals surface area contributed by atoms with Crippen molar-refractivity contribution in [3.8, 4) is 0 Å². The summed E-state index contributed by atoms with van der Waals surface area (Å²) in [5.74, 6) is 0.163. The standard InChI is InChI=1S/C15H24BrN3O/c1-3-12-11-14(19(4-2)17-12)15(20)18-10-6-8-13(18)7-5-9-16/h11,13H,3-10H2,1-2H3. The Morgan fingerprint density at radius 1 is 1.50 bits per heavy atom. The van der Waals surface area contributed by atoms with E-state index in [1.165, 1.54) is 0 Å². The summed E-state index contributed by atoms with van der Waals surface area (Å²) in [5, 5.41) is 5.50. The molecule has 1 aromatic heterocycles. The Kier molecular flexibility index (Phi) is 5.64. The first kappa shape index (κ1) is 15.5. The van der Waals surface area contributed by atoms with Gasteiger partial charge in [-0.05, 0) is 45.1 Å². The number of nitrogens with zero attached hydrogens (tertiary/aromatic N) is 3. The highest BCUT2D eigenvalue weighted by molar-refractivity contribution is 9.09. The van der Waals surface area contributed by atoms with Crippen LogP contribution in [0.1, 0.15) is 55.7 Å². The Balaban J connectivity index is 2.15. The summed E-state index contributed by atoms with van der Waals surface area (Å²) in [6.07, 6.45) is 5.36. The highest BCUT2D eigenvalue weighted by atomic mass is 79.9. The van der Waals surface area contributed by atoms with Gasteiger partial charge in [0.1, 0.15) is 5.69 Å². The van der Waals surface area contributed by atoms with Crippen LogP contribution in [0.25, 0.3) is 0 Å². The molecule has 0 radical (unpaired) electrons. The van der Waals surface area contributed by atoms with Crippen LogP contribution >= 0.6 is 15.9 Å². The number of aryl methyl sites for hydroxylation is 2. The van der Waals surface area contributed by atoms with E-state index in [4.69, 9.17) is 0 Å². The highest BCUT2D eigenvalue weighted by Crippen LogP contribution is 2.24. The minimum absolute atomic E-state index is 0.163. The van der Waals surface area contributed by atoms with E-state index in [0.29, 0.717) is 6.04 Å². The van der Waals surface area contributed by atoms with Gasteiger partial charge in [-0.25, -0.2) is 0 Å². The molecule has 0 aromatic carbocycles. The average Bonchev–Trinajstić information content (AvgIpc) is 3.10. The molecule has 1 fully saturated rings. The van der Waals surface area contributed by atoms with Gasteiger partial charge in [0, 0.05) is 24.5 Å². The van der Waals surface area contributed by atoms with Crippen molar-refractivity contribution in [2.75, 3.05) is 11.9 Å². The zero-order valence-corrected chi connectivity index (χ0v) is 14.0. The fourth-order valence-electron chi connectivity index (χ4n) is 2.92. The summed E-state index contributed by atoms with van der Waals surface area (Å²) in [7, 11) is 0. The average molecular weight is 342 g/mol. The minimum atomic E-state index is 0.163. The Morgan fingerprint density at radius 2 is 2.30 bits per heavy atom. The smallest absolute Gasteiger partial charge is 0.272 e. The number of carbonyl (C=O) groups is 1. The van der Waals surface area contributed by atoms with Gasteiger partial charge in [0.05, 0.1) is 5.69 Å². The fraction of sp³-hybridized carbons (Fsp3) is 0.733. The van der Waals surface area contributed by atoms with Gasteiger partial charge in [-0.1, -0.05) is 22.9 Å². The normalized spacial score (nSPS) is 18.8. The predicted molar refractivity (Wildman–Crippen MR) is 84.4 cm³/mol. The van der Waals surface area contributed by atoms with E-state index in [9.17, 15) is 4.79 Å². The van der Waals surface area contributed by atoms with Crippen LogP contribution in [0.15, 0.2) is 6.07 Å². The van der Waals surface area contributed by atoms with Gasteiger partial charge in [0.25, 0.3) is 5.91 Å². The molecule has 0 bridgehead atoms. The van der Waals surface area contributed by atoms with Gasteiger partial charge in [-0.3, -0.25) is 9.48 Å². The summed E-state index contributed by atoms with van der Waals surface area (Å²) in [6, 6.07) is 2.37. The Morgan fingerprint density at radius 3 is 2.95 bits per heavy atom. The SMILES string of the molecule is CCc1cc(C(=O)N2CCCC2CCCBr)n(CC)n1. The third-order valence-electron chi connectivity index (χ3n) is 4.02. The van der Waals surface area contributed by atoms with Gasteiger partial charge >= 0.3 is 0 Å². The monoisotopic (exact) mass is 341 g/mol. The second kappa shape index (κ2) is 7.25. The van der Waals surface area contributed by atoms with Gasteiger partial charge in [-0.15, -0.1) is 0 Å². The van der Waals surface area contributed by atoms with Crippen molar-refractivity contribution in [3.05, 3.63) is 17.5 Å². The predicted octanol–water partition coefficient (Wildman–Crippen LogP) is 3.25. The molecule has 2 rings (SSSR count). The van der Waals surface area contributed by atoms with Crippen LogP contribution in [0, 0.1) is 0 Å². The van der Waals surface area contributed by atoms with Gasteiger partial charge in [-0.2, -0.15) is 5.10 Å². The van der Waals surface area contributed by atoms with E-state index in [1.54, 1.807) is 0 Å². The molecule has 0 N–H and O–H groups in total. The minimum Gasteiger partial charge on any atom is -0.334 e. The molecule has 1 aliphatic rings. The number of amides is 1. The van der Waals surface area contributed by atoms with Gasteiger partial charge in [0.2, 0.25) is 0 Å². The maximum Gasteiger partial charge on any atom is 0.272 e. The third kappa shape index (κ3) is 3.25. The quantitative estimate of drug-likeness (QED) is 0.745. The number of hydrogen-bond acceptors (Lipinski definition) is 2. The zero-order valence-electron chi connectivity index (χ0n) is 12.4. The molecule has 1 saturated heterocycles. The van der Waals surface area contributed by atoms with Crippen LogP contribution in [0.2, 0.25) is 0 Å². The van der Waals surface area contributed by atoms with Crippen molar-refractivity contribution in [1.29, 1.82) is 0 Å². The van der Waals surface area contributed by atoms with E-state index in [2.05, 4.69) is 32.9 Å². The van der Waals surface area contributed by atoms with Crippen LogP contribution in [0.3, 0.4) is 0 Å². The number of hydrogen-bond donors (Lipinski definition) is 0. The van der Waals surface area contributed by atoms with Gasteiger partial charge < -0.3 is 4.90 Å². The van der Waals surface area contributed by atoms with Crippen molar-refractivity contribution in [3.63, 3.8) is 0 Å². The van der Waals surface area contributed by atoms with Gasteiger partial charge in [0.15, 0.2) is 0 Å². The molecular formula is C15H24BrN3O. The van der Waals surface area contributed by atoms with Crippen LogP contribution in [-0.2, 0) is 13.0 Å². The fourth-order valence-corrected chi connectivity index (χ4v) is 3.24. The van der Waals surface area contributed by atoms with Crippen molar-refractivity contribution >= 4 is 21.8 Å². The second-order valence-corrected chi connectivity index (χ2v) is 6.11. The molecule has 112 valence electrons. The molecule has 4 nitrogen and oxygen atoms in total. The number of rotatable bonds is 6. The number of halogens is 1. The van der Waals surface area contributed by atoms with Crippen molar-refractivity contribution < 1.29 is 4.79 Å². The molecule has 0 saturated carbocycles. The molecule has 1 aliphatic heterocycles. The van der Waals surface area contributed by atoms with Crippen LogP contribution < -0.4 is 0 Å². The molecule has 0 aliphatic carbocycles. The number of alkyl halides is 1. The van der Waals surface area contributed by atoms with Crippen LogP contribution in [-0.4, -0.2) is 38.5 Å². The molecule has 0 spiro atoms. The summed E-state index contributed by atoms with van der Waals surface area (Å²) < 4.78 is 1.85. The number of carbonyl (C=O) groups excluding carboxylic acids is 1. The molecule has 1 atom stereocenters. The lowest BCUT2D eigenvalue weighted by Crippen LogP contribution is -2.36. The molecule has 1 amide bonds. The van der Waals surface area contributed by atoms with E-state index in [-0.39, 0.29) is 5.91 Å². The first-order valence-corrected chi connectivity index (χ1v) is 8.77. The highest BCUT2D eigenvalue weighted by Gasteiger charge is 2.30. The Labute approximate surface area is 129 Å². The largest absolute Gasteiger partial charge is 0.334 e. The van der Waals surface area contributed by atoms with Crippen LogP contribution in [0.5, 0.6) is 0 Å². The lowest BCUT2D eigenvalue weighted by atomic mass is 10.1. The Bertz CT molecular complexity index is 458. The topological polar surface area (TPSA) is 38.1 Å². The zero-order chi connectivity index (χ0) is 14.5. The summed E-state index contributed by atoms with van der Waals surface area (Å²) >= 11 is 3.48. The molecule has 1 unspecified atom stereocenters.